The summed E-state index contributed by atoms with van der Waals surface area (Å²) in [5, 5.41) is 30.8. The quantitative estimate of drug-likeness (QED) is 0.197. The Bertz CT molecular complexity index is 893. The maximum absolute atomic E-state index is 10.6. The molecule has 0 aromatic rings. The van der Waals surface area contributed by atoms with Crippen molar-refractivity contribution in [1.82, 2.24) is 0 Å². The fraction of sp³-hybridized carbons (Fsp3) is 0.741. The van der Waals surface area contributed by atoms with Crippen LogP contribution >= 0.6 is 0 Å². The van der Waals surface area contributed by atoms with Crippen LogP contribution in [0, 0.1) is 34.0 Å². The molecule has 0 aromatic heterocycles. The zero-order chi connectivity index (χ0) is 26.0. The Hall–Kier alpha value is -2.19. The fourth-order valence-electron chi connectivity index (χ4n) is 7.68. The van der Waals surface area contributed by atoms with Gasteiger partial charge in [-0.1, -0.05) is 44.5 Å². The maximum Gasteiger partial charge on any atom is 0.328 e. The van der Waals surface area contributed by atoms with Gasteiger partial charge >= 0.3 is 11.9 Å². The van der Waals surface area contributed by atoms with E-state index < -0.39 is 11.9 Å². The molecule has 0 unspecified atom stereocenters. The van der Waals surface area contributed by atoms with Crippen LogP contribution in [0.15, 0.2) is 29.0 Å². The molecule has 0 heterocycles. The van der Waals surface area contributed by atoms with Crippen LogP contribution in [0.25, 0.3) is 0 Å². The van der Waals surface area contributed by atoms with Crippen molar-refractivity contribution in [2.24, 2.45) is 44.9 Å². The number of carboxylic acid groups (broad SMARTS) is 2. The average molecular weight is 491 g/mol. The minimum atomic E-state index is -1.26. The molecule has 8 nitrogen and oxygen atoms in total. The summed E-state index contributed by atoms with van der Waals surface area (Å²) < 4.78 is 0. The Morgan fingerprint density at radius 3 is 2.34 bits per heavy atom. The topological polar surface area (TPSA) is 142 Å². The SMILES string of the molecule is CC1(C)C2=CC[C@H]3[C@@H]4CC[C@H](O)[C@@]4(C)CC[C@@H]3[C@@]2(C)CC/C1=N/OCCN.O=C(O)/C=C/C(=O)O. The molecular weight excluding hydrogens is 448 g/mol. The summed E-state index contributed by atoms with van der Waals surface area (Å²) in [7, 11) is 0. The second kappa shape index (κ2) is 10.4. The van der Waals surface area contributed by atoms with Gasteiger partial charge in [0.15, 0.2) is 0 Å². The van der Waals surface area contributed by atoms with Gasteiger partial charge in [0.05, 0.1) is 11.8 Å². The Kier molecular flexibility index (Phi) is 8.16. The number of carbonyl (C=O) groups is 2. The van der Waals surface area contributed by atoms with E-state index in [0.29, 0.717) is 31.2 Å². The fourth-order valence-corrected chi connectivity index (χ4v) is 7.68. The number of allylic oxidation sites excluding steroid dienone is 2. The van der Waals surface area contributed by atoms with Gasteiger partial charge in [-0.05, 0) is 73.5 Å². The van der Waals surface area contributed by atoms with Gasteiger partial charge in [0.25, 0.3) is 0 Å². The van der Waals surface area contributed by atoms with E-state index in [1.165, 1.54) is 37.8 Å². The number of rotatable bonds is 5. The number of hydrogen-bond donors (Lipinski definition) is 4. The van der Waals surface area contributed by atoms with Crippen molar-refractivity contribution in [1.29, 1.82) is 0 Å². The zero-order valence-electron chi connectivity index (χ0n) is 21.5. The minimum absolute atomic E-state index is 0.0392. The van der Waals surface area contributed by atoms with Crippen molar-refractivity contribution in [3.05, 3.63) is 23.8 Å². The molecule has 5 N–H and O–H groups in total. The third kappa shape index (κ3) is 5.19. The molecule has 6 atom stereocenters. The van der Waals surface area contributed by atoms with Crippen LogP contribution in [0.2, 0.25) is 0 Å². The molecule has 196 valence electrons. The lowest BCUT2D eigenvalue weighted by Gasteiger charge is -2.60. The standard InChI is InChI=1S/C23H38N2O2.C4H4O4/c1-21(2)18-7-5-15-16-6-8-20(26)23(16,4)11-9-17(15)22(18,3)12-10-19(21)25-27-14-13-24;5-3(6)1-2-4(7)8/h7,15-17,20,26H,5-6,8-14,24H2,1-4H3;1-2H,(H,5,6)(H,7,8)/b25-19-;2-1+/t15-,16-,17-,20-,22+,23-;/m0./s1. The van der Waals surface area contributed by atoms with Crippen molar-refractivity contribution in [3.63, 3.8) is 0 Å². The van der Waals surface area contributed by atoms with Crippen LogP contribution in [0.1, 0.15) is 72.6 Å². The third-order valence-corrected chi connectivity index (χ3v) is 9.44. The van der Waals surface area contributed by atoms with E-state index in [2.05, 4.69) is 38.9 Å². The highest BCUT2D eigenvalue weighted by atomic mass is 16.6. The summed E-state index contributed by atoms with van der Waals surface area (Å²) in [6, 6.07) is 0. The molecule has 0 bridgehead atoms. The van der Waals surface area contributed by atoms with Gasteiger partial charge in [0, 0.05) is 24.1 Å². The van der Waals surface area contributed by atoms with Gasteiger partial charge < -0.3 is 25.9 Å². The molecule has 0 radical (unpaired) electrons. The number of aliphatic carboxylic acids is 2. The van der Waals surface area contributed by atoms with Crippen molar-refractivity contribution in [2.45, 2.75) is 78.7 Å². The lowest BCUT2D eigenvalue weighted by atomic mass is 9.45. The number of aliphatic hydroxyl groups is 1. The molecule has 4 aliphatic carbocycles. The number of nitrogens with zero attached hydrogens (tertiary/aromatic N) is 1. The van der Waals surface area contributed by atoms with Gasteiger partial charge in [-0.3, -0.25) is 0 Å². The summed E-state index contributed by atoms with van der Waals surface area (Å²) in [5.74, 6) is -0.351. The van der Waals surface area contributed by atoms with E-state index in [1.807, 2.05) is 0 Å². The number of oxime groups is 1. The molecule has 0 aromatic carbocycles. The monoisotopic (exact) mass is 490 g/mol. The number of hydrogen-bond acceptors (Lipinski definition) is 6. The van der Waals surface area contributed by atoms with Crippen LogP contribution in [-0.4, -0.2) is 52.2 Å². The molecule has 0 saturated heterocycles. The van der Waals surface area contributed by atoms with Gasteiger partial charge in [-0.2, -0.15) is 0 Å². The predicted molar refractivity (Wildman–Crippen MR) is 134 cm³/mol. The maximum atomic E-state index is 10.6. The molecule has 3 fully saturated rings. The van der Waals surface area contributed by atoms with Crippen molar-refractivity contribution in [2.75, 3.05) is 13.2 Å². The lowest BCUT2D eigenvalue weighted by Crippen LogP contribution is -2.54. The van der Waals surface area contributed by atoms with Gasteiger partial charge in [-0.25, -0.2) is 9.59 Å². The Morgan fingerprint density at radius 2 is 1.74 bits per heavy atom. The smallest absolute Gasteiger partial charge is 0.328 e. The van der Waals surface area contributed by atoms with E-state index in [1.54, 1.807) is 5.57 Å². The third-order valence-electron chi connectivity index (χ3n) is 9.44. The molecule has 4 rings (SSSR count). The number of nitrogens with two attached hydrogens (primary N) is 1. The average Bonchev–Trinajstić information content (AvgIpc) is 3.09. The molecule has 0 spiro atoms. The predicted octanol–water partition coefficient (Wildman–Crippen LogP) is 3.99. The highest BCUT2D eigenvalue weighted by Gasteiger charge is 2.60. The van der Waals surface area contributed by atoms with Crippen LogP contribution in [0.4, 0.5) is 0 Å². The van der Waals surface area contributed by atoms with E-state index >= 15 is 0 Å². The van der Waals surface area contributed by atoms with Crippen molar-refractivity contribution >= 4 is 17.7 Å². The first-order valence-corrected chi connectivity index (χ1v) is 12.8. The first-order chi connectivity index (χ1) is 16.4. The Morgan fingerprint density at radius 1 is 1.09 bits per heavy atom. The Balaban J connectivity index is 0.000000371. The first-order valence-electron chi connectivity index (χ1n) is 12.8. The summed E-state index contributed by atoms with van der Waals surface area (Å²) in [4.78, 5) is 24.6. The molecule has 35 heavy (non-hydrogen) atoms. The van der Waals surface area contributed by atoms with E-state index in [9.17, 15) is 14.7 Å². The molecule has 8 heteroatoms. The number of fused-ring (bicyclic) bond motifs is 5. The highest BCUT2D eigenvalue weighted by molar-refractivity contribution is 5.93. The van der Waals surface area contributed by atoms with Gasteiger partial charge in [0.1, 0.15) is 6.61 Å². The van der Waals surface area contributed by atoms with Crippen LogP contribution in [-0.2, 0) is 14.4 Å². The summed E-state index contributed by atoms with van der Waals surface area (Å²) >= 11 is 0. The first kappa shape index (κ1) is 27.4. The Labute approximate surface area is 208 Å². The highest BCUT2D eigenvalue weighted by Crippen LogP contribution is 2.66. The zero-order valence-corrected chi connectivity index (χ0v) is 21.5. The number of carboxylic acids is 2. The van der Waals surface area contributed by atoms with Crippen molar-refractivity contribution < 1.29 is 29.7 Å². The summed E-state index contributed by atoms with van der Waals surface area (Å²) in [6.45, 7) is 10.5. The van der Waals surface area contributed by atoms with Crippen LogP contribution in [0.3, 0.4) is 0 Å². The van der Waals surface area contributed by atoms with E-state index in [-0.39, 0.29) is 22.3 Å². The van der Waals surface area contributed by atoms with Crippen molar-refractivity contribution in [3.8, 4) is 0 Å². The lowest BCUT2D eigenvalue weighted by molar-refractivity contribution is -0.134. The summed E-state index contributed by atoms with van der Waals surface area (Å²) in [6.07, 6.45) is 11.6. The van der Waals surface area contributed by atoms with E-state index in [4.69, 9.17) is 20.8 Å². The second-order valence-electron chi connectivity index (χ2n) is 11.6. The van der Waals surface area contributed by atoms with E-state index in [0.717, 1.165) is 24.7 Å². The molecular formula is C27H42N2O6. The normalized spacial score (nSPS) is 38.5. The van der Waals surface area contributed by atoms with Gasteiger partial charge in [-0.15, -0.1) is 0 Å². The largest absolute Gasteiger partial charge is 0.478 e. The minimum Gasteiger partial charge on any atom is -0.478 e. The van der Waals surface area contributed by atoms with Gasteiger partial charge in [0.2, 0.25) is 0 Å². The molecule has 3 saturated carbocycles. The number of aliphatic hydroxyl groups excluding tert-OH is 1. The molecule has 0 amide bonds. The second-order valence-corrected chi connectivity index (χ2v) is 11.6. The molecule has 0 aliphatic heterocycles. The molecule has 4 aliphatic rings. The van der Waals surface area contributed by atoms with Crippen LogP contribution in [0.5, 0.6) is 0 Å². The summed E-state index contributed by atoms with van der Waals surface area (Å²) in [5.41, 5.74) is 8.68. The van der Waals surface area contributed by atoms with Crippen LogP contribution < -0.4 is 5.73 Å².